The summed E-state index contributed by atoms with van der Waals surface area (Å²) in [7, 11) is 0. The van der Waals surface area contributed by atoms with Crippen LogP contribution in [0.15, 0.2) is 48.5 Å². The van der Waals surface area contributed by atoms with E-state index in [9.17, 15) is 4.79 Å². The predicted octanol–water partition coefficient (Wildman–Crippen LogP) is 4.86. The standard InChI is InChI=1S/C23H25N5OS2/c1-14(2)15-8-9-17(24)19(12-15)26-21(29)22-27-18-10-11-28(13-20(18)31-22)23(30)25-16-6-4-3-5-7-16/h3-9,12,14H,10-11,13,24H2,1-2H3,(H,25,30)(H,26,29). The first-order valence-electron chi connectivity index (χ1n) is 10.2. The van der Waals surface area contributed by atoms with Crippen molar-refractivity contribution in [2.45, 2.75) is 32.7 Å². The van der Waals surface area contributed by atoms with Crippen molar-refractivity contribution in [1.29, 1.82) is 0 Å². The van der Waals surface area contributed by atoms with Gasteiger partial charge in [0.15, 0.2) is 10.1 Å². The number of carbonyl (C=O) groups is 1. The molecule has 0 unspecified atom stereocenters. The lowest BCUT2D eigenvalue weighted by Crippen LogP contribution is -2.38. The van der Waals surface area contributed by atoms with E-state index in [-0.39, 0.29) is 5.91 Å². The van der Waals surface area contributed by atoms with Crippen molar-refractivity contribution in [3.05, 3.63) is 69.7 Å². The van der Waals surface area contributed by atoms with E-state index in [1.54, 1.807) is 0 Å². The summed E-state index contributed by atoms with van der Waals surface area (Å²) in [5, 5.41) is 7.33. The first-order valence-corrected chi connectivity index (χ1v) is 11.4. The molecule has 1 aliphatic heterocycles. The van der Waals surface area contributed by atoms with Gasteiger partial charge in [-0.2, -0.15) is 0 Å². The number of benzene rings is 2. The number of thiocarbonyl (C=S) groups is 1. The molecule has 4 N–H and O–H groups in total. The summed E-state index contributed by atoms with van der Waals surface area (Å²) in [5.41, 5.74) is 10.3. The summed E-state index contributed by atoms with van der Waals surface area (Å²) >= 11 is 7.00. The van der Waals surface area contributed by atoms with Crippen molar-refractivity contribution in [3.63, 3.8) is 0 Å². The Balaban J connectivity index is 1.45. The van der Waals surface area contributed by atoms with Crippen molar-refractivity contribution >= 4 is 51.6 Å². The van der Waals surface area contributed by atoms with Crippen LogP contribution in [0.4, 0.5) is 17.1 Å². The normalized spacial score (nSPS) is 13.1. The van der Waals surface area contributed by atoms with Crippen LogP contribution in [-0.4, -0.2) is 27.4 Å². The number of fused-ring (bicyclic) bond motifs is 1. The number of aromatic nitrogens is 1. The summed E-state index contributed by atoms with van der Waals surface area (Å²) in [6.45, 7) is 5.62. The van der Waals surface area contributed by atoms with Gasteiger partial charge in [0, 0.05) is 23.5 Å². The van der Waals surface area contributed by atoms with Gasteiger partial charge in [-0.3, -0.25) is 4.79 Å². The quantitative estimate of drug-likeness (QED) is 0.388. The summed E-state index contributed by atoms with van der Waals surface area (Å²) in [5.74, 6) is 0.117. The number of hydrogen-bond acceptors (Lipinski definition) is 5. The van der Waals surface area contributed by atoms with Gasteiger partial charge >= 0.3 is 0 Å². The van der Waals surface area contributed by atoms with Gasteiger partial charge in [0.05, 0.1) is 23.6 Å². The number of thiazole rings is 1. The molecule has 0 saturated carbocycles. The molecule has 0 atom stereocenters. The maximum atomic E-state index is 12.9. The minimum atomic E-state index is -0.233. The van der Waals surface area contributed by atoms with Crippen molar-refractivity contribution in [3.8, 4) is 0 Å². The molecular formula is C23H25N5OS2. The Bertz CT molecular complexity index is 1110. The molecule has 2 aromatic carbocycles. The number of hydrogen-bond donors (Lipinski definition) is 3. The number of nitrogens with zero attached hydrogens (tertiary/aromatic N) is 2. The zero-order chi connectivity index (χ0) is 22.0. The lowest BCUT2D eigenvalue weighted by molar-refractivity contribution is 0.102. The molecule has 4 rings (SSSR count). The third-order valence-electron chi connectivity index (χ3n) is 5.23. The molecule has 0 aliphatic carbocycles. The first-order chi connectivity index (χ1) is 14.9. The number of carbonyl (C=O) groups excluding carboxylic acids is 1. The first kappa shape index (κ1) is 21.3. The van der Waals surface area contributed by atoms with Crippen LogP contribution in [0.25, 0.3) is 0 Å². The molecule has 1 amide bonds. The molecule has 1 aromatic heterocycles. The Hall–Kier alpha value is -2.97. The minimum Gasteiger partial charge on any atom is -0.397 e. The molecular weight excluding hydrogens is 426 g/mol. The van der Waals surface area contributed by atoms with Gasteiger partial charge in [-0.1, -0.05) is 38.1 Å². The fourth-order valence-corrected chi connectivity index (χ4v) is 4.70. The number of rotatable bonds is 4. The highest BCUT2D eigenvalue weighted by Crippen LogP contribution is 2.28. The van der Waals surface area contributed by atoms with Crippen molar-refractivity contribution in [2.75, 3.05) is 22.9 Å². The second-order valence-corrected chi connectivity index (χ2v) is 9.28. The molecule has 31 heavy (non-hydrogen) atoms. The monoisotopic (exact) mass is 451 g/mol. The topological polar surface area (TPSA) is 83.3 Å². The van der Waals surface area contributed by atoms with Crippen LogP contribution in [0, 0.1) is 0 Å². The summed E-state index contributed by atoms with van der Waals surface area (Å²) < 4.78 is 0. The Labute approximate surface area is 191 Å². The van der Waals surface area contributed by atoms with E-state index in [4.69, 9.17) is 18.0 Å². The molecule has 0 bridgehead atoms. The van der Waals surface area contributed by atoms with Gasteiger partial charge in [0.1, 0.15) is 0 Å². The molecule has 6 nitrogen and oxygen atoms in total. The van der Waals surface area contributed by atoms with Gasteiger partial charge in [-0.15, -0.1) is 11.3 Å². The lowest BCUT2D eigenvalue weighted by Gasteiger charge is -2.28. The molecule has 0 spiro atoms. The van der Waals surface area contributed by atoms with Crippen LogP contribution < -0.4 is 16.4 Å². The number of nitrogen functional groups attached to an aromatic ring is 1. The predicted molar refractivity (Wildman–Crippen MR) is 132 cm³/mol. The van der Waals surface area contributed by atoms with Gasteiger partial charge in [0.25, 0.3) is 5.91 Å². The molecule has 2 heterocycles. The van der Waals surface area contributed by atoms with Crippen molar-refractivity contribution < 1.29 is 4.79 Å². The van der Waals surface area contributed by atoms with E-state index in [1.807, 2.05) is 48.5 Å². The van der Waals surface area contributed by atoms with Crippen molar-refractivity contribution in [1.82, 2.24) is 9.88 Å². The van der Waals surface area contributed by atoms with Gasteiger partial charge in [0.2, 0.25) is 0 Å². The molecule has 3 aromatic rings. The van der Waals surface area contributed by atoms with E-state index in [2.05, 4.69) is 34.4 Å². The zero-order valence-electron chi connectivity index (χ0n) is 17.5. The smallest absolute Gasteiger partial charge is 0.284 e. The third kappa shape index (κ3) is 4.86. The average Bonchev–Trinajstić information content (AvgIpc) is 3.19. The largest absolute Gasteiger partial charge is 0.397 e. The SMILES string of the molecule is CC(C)c1ccc(N)c(NC(=O)c2nc3c(s2)CN(C(=S)Nc2ccccc2)CC3)c1. The molecule has 0 saturated heterocycles. The number of nitrogens with two attached hydrogens (primary N) is 1. The second kappa shape index (κ2) is 9.03. The van der Waals surface area contributed by atoms with Crippen LogP contribution in [0.3, 0.4) is 0 Å². The number of para-hydroxylation sites is 1. The zero-order valence-corrected chi connectivity index (χ0v) is 19.1. The Morgan fingerprint density at radius 2 is 1.97 bits per heavy atom. The van der Waals surface area contributed by atoms with Crippen LogP contribution in [0.2, 0.25) is 0 Å². The molecule has 0 fully saturated rings. The van der Waals surface area contributed by atoms with E-state index < -0.39 is 0 Å². The second-order valence-electron chi connectivity index (χ2n) is 7.81. The minimum absolute atomic E-state index is 0.233. The maximum Gasteiger partial charge on any atom is 0.284 e. The third-order valence-corrected chi connectivity index (χ3v) is 6.67. The Morgan fingerprint density at radius 1 is 1.19 bits per heavy atom. The summed E-state index contributed by atoms with van der Waals surface area (Å²) in [6, 6.07) is 15.6. The van der Waals surface area contributed by atoms with E-state index in [0.29, 0.717) is 34.0 Å². The van der Waals surface area contributed by atoms with Gasteiger partial charge in [-0.05, 0) is 48.0 Å². The van der Waals surface area contributed by atoms with Gasteiger partial charge < -0.3 is 21.3 Å². The summed E-state index contributed by atoms with van der Waals surface area (Å²) in [4.78, 5) is 20.6. The molecule has 1 aliphatic rings. The van der Waals surface area contributed by atoms with E-state index >= 15 is 0 Å². The average molecular weight is 452 g/mol. The highest BCUT2D eigenvalue weighted by Gasteiger charge is 2.25. The van der Waals surface area contributed by atoms with E-state index in [1.165, 1.54) is 11.3 Å². The van der Waals surface area contributed by atoms with Crippen LogP contribution in [0.1, 0.15) is 45.7 Å². The number of nitrogens with one attached hydrogen (secondary N) is 2. The maximum absolute atomic E-state index is 12.9. The summed E-state index contributed by atoms with van der Waals surface area (Å²) in [6.07, 6.45) is 0.751. The number of anilines is 3. The molecule has 160 valence electrons. The lowest BCUT2D eigenvalue weighted by atomic mass is 10.0. The van der Waals surface area contributed by atoms with E-state index in [0.717, 1.165) is 34.8 Å². The molecule has 0 radical (unpaired) electrons. The van der Waals surface area contributed by atoms with Crippen LogP contribution in [0.5, 0.6) is 0 Å². The molecule has 8 heteroatoms. The number of amides is 1. The fourth-order valence-electron chi connectivity index (χ4n) is 3.41. The highest BCUT2D eigenvalue weighted by molar-refractivity contribution is 7.80. The van der Waals surface area contributed by atoms with Crippen LogP contribution >= 0.6 is 23.6 Å². The van der Waals surface area contributed by atoms with Crippen LogP contribution in [-0.2, 0) is 13.0 Å². The van der Waals surface area contributed by atoms with Gasteiger partial charge in [-0.25, -0.2) is 4.98 Å². The highest BCUT2D eigenvalue weighted by atomic mass is 32.1. The Morgan fingerprint density at radius 3 is 2.71 bits per heavy atom. The fraction of sp³-hybridized carbons (Fsp3) is 0.261. The van der Waals surface area contributed by atoms with Crippen molar-refractivity contribution in [2.24, 2.45) is 0 Å². The Kier molecular flexibility index (Phi) is 6.20.